The number of benzene rings is 3. The molecule has 2 heterocycles. The van der Waals surface area contributed by atoms with E-state index < -0.39 is 5.91 Å². The summed E-state index contributed by atoms with van der Waals surface area (Å²) >= 11 is 17.5. The fraction of sp³-hybridized carbons (Fsp3) is 0.0714. The maximum absolute atomic E-state index is 12.4. The summed E-state index contributed by atoms with van der Waals surface area (Å²) in [6.45, 7) is 3.96. The number of aromatic nitrogens is 3. The molecule has 190 valence electrons. The van der Waals surface area contributed by atoms with Gasteiger partial charge in [-0.3, -0.25) is 10.1 Å². The minimum Gasteiger partial charge on any atom is -0.457 e. The smallest absolute Gasteiger partial charge is 0.250 e. The van der Waals surface area contributed by atoms with Gasteiger partial charge in [-0.2, -0.15) is 4.80 Å². The lowest BCUT2D eigenvalue weighted by Crippen LogP contribution is -2.33. The quantitative estimate of drug-likeness (QED) is 0.175. The number of furan rings is 1. The number of nitrogens with one attached hydrogen (secondary N) is 2. The minimum absolute atomic E-state index is 0.154. The van der Waals surface area contributed by atoms with Crippen LogP contribution in [0.4, 0.5) is 5.69 Å². The van der Waals surface area contributed by atoms with Crippen molar-refractivity contribution in [3.8, 4) is 17.0 Å². The summed E-state index contributed by atoms with van der Waals surface area (Å²) in [5.74, 6) is 0.662. The van der Waals surface area contributed by atoms with Gasteiger partial charge in [0.25, 0.3) is 0 Å². The Labute approximate surface area is 234 Å². The maximum atomic E-state index is 12.4. The molecule has 0 spiro atoms. The molecule has 0 saturated carbocycles. The van der Waals surface area contributed by atoms with Crippen LogP contribution in [0.25, 0.3) is 34.1 Å². The Hall–Kier alpha value is -3.98. The SMILES string of the molecule is Cc1ccc(-n2nc3cc(C)c(NC(=S)NC(=O)/C=C/c4ccc(-c5cc(Cl)cc(Cl)c5)o4)cc3n2)cc1. The number of carbonyl (C=O) groups excluding carboxylic acids is 1. The molecule has 0 bridgehead atoms. The summed E-state index contributed by atoms with van der Waals surface area (Å²) in [4.78, 5) is 14.0. The molecular weight excluding hydrogens is 541 g/mol. The minimum atomic E-state index is -0.407. The molecule has 5 aromatic rings. The molecule has 0 atom stereocenters. The van der Waals surface area contributed by atoms with Crippen LogP contribution in [0, 0.1) is 13.8 Å². The number of amides is 1. The highest BCUT2D eigenvalue weighted by Crippen LogP contribution is 2.29. The number of fused-ring (bicyclic) bond motifs is 1. The van der Waals surface area contributed by atoms with Crippen LogP contribution in [0.15, 0.2) is 77.2 Å². The highest BCUT2D eigenvalue weighted by atomic mass is 35.5. The third-order valence-electron chi connectivity index (χ3n) is 5.65. The maximum Gasteiger partial charge on any atom is 0.250 e. The number of hydrogen-bond donors (Lipinski definition) is 2. The van der Waals surface area contributed by atoms with E-state index in [9.17, 15) is 4.79 Å². The van der Waals surface area contributed by atoms with Gasteiger partial charge in [0.05, 0.1) is 5.69 Å². The summed E-state index contributed by atoms with van der Waals surface area (Å²) in [6, 6.07) is 20.4. The lowest BCUT2D eigenvalue weighted by atomic mass is 10.2. The van der Waals surface area contributed by atoms with Crippen LogP contribution < -0.4 is 10.6 Å². The highest BCUT2D eigenvalue weighted by Gasteiger charge is 2.11. The molecule has 0 aliphatic rings. The molecule has 5 rings (SSSR count). The zero-order chi connectivity index (χ0) is 26.8. The van der Waals surface area contributed by atoms with Gasteiger partial charge in [0.2, 0.25) is 5.91 Å². The fourth-order valence-electron chi connectivity index (χ4n) is 3.75. The summed E-state index contributed by atoms with van der Waals surface area (Å²) in [5, 5.41) is 16.0. The first kappa shape index (κ1) is 25.7. The fourth-order valence-corrected chi connectivity index (χ4v) is 4.49. The molecule has 1 amide bonds. The molecule has 0 unspecified atom stereocenters. The van der Waals surface area contributed by atoms with E-state index in [2.05, 4.69) is 20.8 Å². The Balaban J connectivity index is 1.23. The third kappa shape index (κ3) is 5.94. The zero-order valence-electron chi connectivity index (χ0n) is 20.3. The van der Waals surface area contributed by atoms with Gasteiger partial charge in [-0.1, -0.05) is 40.9 Å². The summed E-state index contributed by atoms with van der Waals surface area (Å²) in [7, 11) is 0. The van der Waals surface area contributed by atoms with Crippen LogP contribution in [-0.2, 0) is 4.79 Å². The van der Waals surface area contributed by atoms with Gasteiger partial charge in [0.1, 0.15) is 22.6 Å². The lowest BCUT2D eigenvalue weighted by Gasteiger charge is -2.10. The van der Waals surface area contributed by atoms with E-state index in [1.165, 1.54) is 6.08 Å². The summed E-state index contributed by atoms with van der Waals surface area (Å²) < 4.78 is 5.78. The number of aryl methyl sites for hydroxylation is 2. The first-order valence-electron chi connectivity index (χ1n) is 11.5. The highest BCUT2D eigenvalue weighted by molar-refractivity contribution is 7.80. The second kappa shape index (κ2) is 10.8. The van der Waals surface area contributed by atoms with Crippen molar-refractivity contribution in [2.75, 3.05) is 5.32 Å². The Bertz CT molecular complexity index is 1690. The number of rotatable bonds is 5. The first-order valence-corrected chi connectivity index (χ1v) is 12.7. The van der Waals surface area contributed by atoms with Crippen LogP contribution in [-0.4, -0.2) is 26.0 Å². The molecule has 10 heteroatoms. The normalized spacial score (nSPS) is 11.3. The van der Waals surface area contributed by atoms with E-state index in [4.69, 9.17) is 39.8 Å². The van der Waals surface area contributed by atoms with Crippen molar-refractivity contribution < 1.29 is 9.21 Å². The average Bonchev–Trinajstić information content (AvgIpc) is 3.50. The number of thiocarbonyl (C=S) groups is 1. The van der Waals surface area contributed by atoms with Crippen molar-refractivity contribution in [2.24, 2.45) is 0 Å². The molecule has 0 aliphatic heterocycles. The van der Waals surface area contributed by atoms with Gasteiger partial charge in [0.15, 0.2) is 5.11 Å². The van der Waals surface area contributed by atoms with Gasteiger partial charge in [0, 0.05) is 27.4 Å². The largest absolute Gasteiger partial charge is 0.457 e. The number of nitrogens with zero attached hydrogens (tertiary/aromatic N) is 3. The van der Waals surface area contributed by atoms with Crippen LogP contribution in [0.3, 0.4) is 0 Å². The van der Waals surface area contributed by atoms with Crippen molar-refractivity contribution >= 4 is 69.2 Å². The molecular formula is C28H21Cl2N5O2S. The van der Waals surface area contributed by atoms with Crippen molar-refractivity contribution in [3.63, 3.8) is 0 Å². The van der Waals surface area contributed by atoms with Crippen LogP contribution >= 0.6 is 35.4 Å². The third-order valence-corrected chi connectivity index (χ3v) is 6.29. The molecule has 38 heavy (non-hydrogen) atoms. The van der Waals surface area contributed by atoms with E-state index in [1.807, 2.05) is 50.2 Å². The van der Waals surface area contributed by atoms with Crippen LogP contribution in [0.1, 0.15) is 16.9 Å². The molecule has 0 aliphatic carbocycles. The van der Waals surface area contributed by atoms with Gasteiger partial charge in [-0.15, -0.1) is 10.2 Å². The number of hydrogen-bond acceptors (Lipinski definition) is 5. The van der Waals surface area contributed by atoms with Crippen molar-refractivity contribution in [1.82, 2.24) is 20.3 Å². The van der Waals surface area contributed by atoms with E-state index in [0.717, 1.165) is 33.6 Å². The van der Waals surface area contributed by atoms with Gasteiger partial charge in [-0.25, -0.2) is 0 Å². The topological polar surface area (TPSA) is 85.0 Å². The van der Waals surface area contributed by atoms with Crippen molar-refractivity contribution in [2.45, 2.75) is 13.8 Å². The van der Waals surface area contributed by atoms with Crippen LogP contribution in [0.2, 0.25) is 10.0 Å². The zero-order valence-corrected chi connectivity index (χ0v) is 22.7. The standard InChI is InChI=1S/C28H21Cl2N5O2S/c1-16-3-5-21(6-4-16)35-33-24-11-17(2)23(15-25(24)34-35)31-28(38)32-27(36)10-8-22-7-9-26(37-22)18-12-19(29)14-20(30)13-18/h3-15H,1-2H3,(H2,31,32,36,38)/b10-8+. The average molecular weight is 562 g/mol. The van der Waals surface area contributed by atoms with Crippen molar-refractivity contribution in [1.29, 1.82) is 0 Å². The number of halogens is 2. The summed E-state index contributed by atoms with van der Waals surface area (Å²) in [6.07, 6.45) is 2.89. The van der Waals surface area contributed by atoms with Gasteiger partial charge < -0.3 is 9.73 Å². The molecule has 2 aromatic heterocycles. The van der Waals surface area contributed by atoms with E-state index in [-0.39, 0.29) is 5.11 Å². The van der Waals surface area contributed by atoms with Gasteiger partial charge >= 0.3 is 0 Å². The van der Waals surface area contributed by atoms with Gasteiger partial charge in [-0.05, 0) is 92.3 Å². The van der Waals surface area contributed by atoms with E-state index >= 15 is 0 Å². The Morgan fingerprint density at radius 2 is 1.63 bits per heavy atom. The molecule has 0 radical (unpaired) electrons. The van der Waals surface area contributed by atoms with E-state index in [0.29, 0.717) is 27.1 Å². The number of carbonyl (C=O) groups is 1. The Kier molecular flexibility index (Phi) is 7.28. The summed E-state index contributed by atoms with van der Waals surface area (Å²) in [5.41, 5.74) is 5.85. The Morgan fingerprint density at radius 1 is 0.947 bits per heavy atom. The predicted molar refractivity (Wildman–Crippen MR) is 156 cm³/mol. The molecule has 3 aromatic carbocycles. The molecule has 0 fully saturated rings. The lowest BCUT2D eigenvalue weighted by molar-refractivity contribution is -0.115. The predicted octanol–water partition coefficient (Wildman–Crippen LogP) is 7.13. The second-order valence-electron chi connectivity index (χ2n) is 8.62. The van der Waals surface area contributed by atoms with Crippen LogP contribution in [0.5, 0.6) is 0 Å². The molecule has 0 saturated heterocycles. The van der Waals surface area contributed by atoms with E-state index in [1.54, 1.807) is 41.2 Å². The first-order chi connectivity index (χ1) is 18.2. The molecule has 2 N–H and O–H groups in total. The van der Waals surface area contributed by atoms with Crippen molar-refractivity contribution in [3.05, 3.63) is 99.7 Å². The number of anilines is 1. The Morgan fingerprint density at radius 3 is 2.34 bits per heavy atom. The monoisotopic (exact) mass is 561 g/mol. The second-order valence-corrected chi connectivity index (χ2v) is 9.90. The molecule has 7 nitrogen and oxygen atoms in total.